The molecule has 4 aromatic rings. The Kier molecular flexibility index (Phi) is 4.00. The maximum absolute atomic E-state index is 12.2. The Balaban J connectivity index is 1.94. The topological polar surface area (TPSA) is 80.8 Å². The zero-order chi connectivity index (χ0) is 18.3. The molecule has 0 amide bonds. The van der Waals surface area contributed by atoms with Crippen molar-refractivity contribution in [3.63, 3.8) is 0 Å². The van der Waals surface area contributed by atoms with Gasteiger partial charge >= 0.3 is 5.97 Å². The summed E-state index contributed by atoms with van der Waals surface area (Å²) < 4.78 is 4.91. The largest absolute Gasteiger partial charge is 0.464 e. The van der Waals surface area contributed by atoms with E-state index >= 15 is 0 Å². The molecule has 1 aromatic carbocycles. The van der Waals surface area contributed by atoms with Crippen LogP contribution < -0.4 is 0 Å². The molecular formula is C19H16N4O2S. The van der Waals surface area contributed by atoms with Gasteiger partial charge in [0.05, 0.1) is 17.5 Å². The van der Waals surface area contributed by atoms with Crippen LogP contribution in [0.5, 0.6) is 0 Å². The molecule has 0 atom stereocenters. The number of rotatable bonds is 3. The molecule has 0 radical (unpaired) electrons. The number of nitrogens with one attached hydrogen (secondary N) is 1. The maximum atomic E-state index is 12.2. The van der Waals surface area contributed by atoms with E-state index in [1.54, 1.807) is 12.4 Å². The van der Waals surface area contributed by atoms with Gasteiger partial charge in [0, 0.05) is 23.3 Å². The molecule has 3 aromatic heterocycles. The van der Waals surface area contributed by atoms with Gasteiger partial charge in [-0.15, -0.1) is 11.3 Å². The predicted molar refractivity (Wildman–Crippen MR) is 101 cm³/mol. The van der Waals surface area contributed by atoms with E-state index in [2.05, 4.69) is 32.3 Å². The molecule has 0 bridgehead atoms. The second kappa shape index (κ2) is 6.34. The Labute approximate surface area is 153 Å². The van der Waals surface area contributed by atoms with Crippen molar-refractivity contribution in [3.8, 4) is 21.1 Å². The van der Waals surface area contributed by atoms with Crippen molar-refractivity contribution in [1.82, 2.24) is 20.2 Å². The highest BCUT2D eigenvalue weighted by Crippen LogP contribution is 2.37. The Bertz CT molecular complexity index is 1120. The van der Waals surface area contributed by atoms with Crippen LogP contribution in [-0.4, -0.2) is 33.2 Å². The van der Waals surface area contributed by atoms with Gasteiger partial charge in [-0.25, -0.2) is 9.78 Å². The van der Waals surface area contributed by atoms with Crippen molar-refractivity contribution in [3.05, 3.63) is 53.5 Å². The summed E-state index contributed by atoms with van der Waals surface area (Å²) >= 11 is 1.42. The fourth-order valence-electron chi connectivity index (χ4n) is 2.99. The third kappa shape index (κ3) is 2.66. The van der Waals surface area contributed by atoms with Crippen LogP contribution in [0.25, 0.3) is 32.0 Å². The summed E-state index contributed by atoms with van der Waals surface area (Å²) in [6.07, 6.45) is 3.40. The van der Waals surface area contributed by atoms with Gasteiger partial charge in [-0.1, -0.05) is 17.7 Å². The lowest BCUT2D eigenvalue weighted by Crippen LogP contribution is -2.03. The average molecular weight is 364 g/mol. The van der Waals surface area contributed by atoms with E-state index in [4.69, 9.17) is 4.74 Å². The molecule has 0 aliphatic heterocycles. The summed E-state index contributed by atoms with van der Waals surface area (Å²) in [4.78, 5) is 21.7. The highest BCUT2D eigenvalue weighted by Gasteiger charge is 2.23. The number of nitrogens with zero attached hydrogens (tertiary/aromatic N) is 3. The van der Waals surface area contributed by atoms with Crippen LogP contribution in [0.2, 0.25) is 0 Å². The molecule has 1 N–H and O–H groups in total. The Morgan fingerprint density at radius 2 is 2.12 bits per heavy atom. The molecule has 0 saturated heterocycles. The Hall–Kier alpha value is -3.06. The van der Waals surface area contributed by atoms with E-state index in [1.165, 1.54) is 18.4 Å². The van der Waals surface area contributed by atoms with E-state index in [9.17, 15) is 4.79 Å². The fourth-order valence-corrected chi connectivity index (χ4v) is 4.04. The van der Waals surface area contributed by atoms with Gasteiger partial charge in [0.25, 0.3) is 0 Å². The van der Waals surface area contributed by atoms with Gasteiger partial charge in [-0.2, -0.15) is 5.10 Å². The molecule has 26 heavy (non-hydrogen) atoms. The van der Waals surface area contributed by atoms with Crippen LogP contribution in [-0.2, 0) is 4.74 Å². The van der Waals surface area contributed by atoms with Gasteiger partial charge < -0.3 is 4.74 Å². The zero-order valence-electron chi connectivity index (χ0n) is 14.5. The Morgan fingerprint density at radius 3 is 2.85 bits per heavy atom. The summed E-state index contributed by atoms with van der Waals surface area (Å²) in [5.74, 6) is -0.470. The van der Waals surface area contributed by atoms with Gasteiger partial charge in [-0.05, 0) is 31.5 Å². The number of aromatic nitrogens is 4. The number of thiazole rings is 1. The molecule has 0 saturated carbocycles. The molecule has 130 valence electrons. The number of fused-ring (bicyclic) bond motifs is 1. The van der Waals surface area contributed by atoms with Crippen molar-refractivity contribution < 1.29 is 9.53 Å². The molecule has 0 spiro atoms. The summed E-state index contributed by atoms with van der Waals surface area (Å²) in [6.45, 7) is 4.08. The predicted octanol–water partition coefficient (Wildman–Crippen LogP) is 4.15. The Morgan fingerprint density at radius 1 is 1.27 bits per heavy atom. The number of hydrogen-bond acceptors (Lipinski definition) is 6. The number of H-pyrrole nitrogens is 1. The van der Waals surface area contributed by atoms with Crippen LogP contribution in [0.4, 0.5) is 0 Å². The minimum absolute atomic E-state index is 0.285. The first kappa shape index (κ1) is 16.4. The van der Waals surface area contributed by atoms with Gasteiger partial charge in [0.2, 0.25) is 0 Å². The standard InChI is InChI=1S/C19H16N4O2S/c1-10-7-11(2)14-13(8-10)15(23-22-14)18-21-16(19(24)25-3)17(26-18)12-5-4-6-20-9-12/h4-9H,1-3H3,(H,22,23). The summed E-state index contributed by atoms with van der Waals surface area (Å²) in [7, 11) is 1.35. The molecular weight excluding hydrogens is 348 g/mol. The van der Waals surface area contributed by atoms with Crippen LogP contribution in [0.1, 0.15) is 21.6 Å². The molecule has 4 rings (SSSR count). The number of pyridine rings is 1. The molecule has 0 aliphatic carbocycles. The van der Waals surface area contributed by atoms with E-state index in [-0.39, 0.29) is 5.69 Å². The maximum Gasteiger partial charge on any atom is 0.358 e. The SMILES string of the molecule is COC(=O)c1nc(-c2[nH]nc3c(C)cc(C)cc23)sc1-c1cccnc1. The van der Waals surface area contributed by atoms with Crippen molar-refractivity contribution in [2.75, 3.05) is 7.11 Å². The van der Waals surface area contributed by atoms with Gasteiger partial charge in [0.1, 0.15) is 10.7 Å². The first-order valence-electron chi connectivity index (χ1n) is 8.03. The number of hydrogen-bond donors (Lipinski definition) is 1. The molecule has 0 aliphatic rings. The zero-order valence-corrected chi connectivity index (χ0v) is 15.3. The smallest absolute Gasteiger partial charge is 0.358 e. The summed E-state index contributed by atoms with van der Waals surface area (Å²) in [6, 6.07) is 7.89. The summed E-state index contributed by atoms with van der Waals surface area (Å²) in [5.41, 5.74) is 5.07. The number of ether oxygens (including phenoxy) is 1. The number of methoxy groups -OCH3 is 1. The van der Waals surface area contributed by atoms with Crippen molar-refractivity contribution in [2.45, 2.75) is 13.8 Å². The van der Waals surface area contributed by atoms with Gasteiger partial charge in [-0.3, -0.25) is 10.1 Å². The van der Waals surface area contributed by atoms with Crippen LogP contribution in [0, 0.1) is 13.8 Å². The second-order valence-corrected chi connectivity index (χ2v) is 7.01. The number of aryl methyl sites for hydroxylation is 2. The molecule has 3 heterocycles. The van der Waals surface area contributed by atoms with E-state index < -0.39 is 5.97 Å². The number of aromatic amines is 1. The van der Waals surface area contributed by atoms with Crippen LogP contribution in [0.3, 0.4) is 0 Å². The lowest BCUT2D eigenvalue weighted by molar-refractivity contribution is 0.0596. The quantitative estimate of drug-likeness (QED) is 0.552. The van der Waals surface area contributed by atoms with Crippen molar-refractivity contribution >= 4 is 28.2 Å². The molecule has 7 heteroatoms. The second-order valence-electron chi connectivity index (χ2n) is 6.01. The first-order valence-corrected chi connectivity index (χ1v) is 8.85. The lowest BCUT2D eigenvalue weighted by Gasteiger charge is -1.99. The van der Waals surface area contributed by atoms with E-state index in [1.807, 2.05) is 26.0 Å². The number of esters is 1. The van der Waals surface area contributed by atoms with Crippen LogP contribution >= 0.6 is 11.3 Å². The van der Waals surface area contributed by atoms with Crippen molar-refractivity contribution in [1.29, 1.82) is 0 Å². The number of benzene rings is 1. The number of carbonyl (C=O) groups is 1. The number of carbonyl (C=O) groups excluding carboxylic acids is 1. The average Bonchev–Trinajstić information content (AvgIpc) is 3.26. The minimum atomic E-state index is -0.470. The minimum Gasteiger partial charge on any atom is -0.464 e. The van der Waals surface area contributed by atoms with Gasteiger partial charge in [0.15, 0.2) is 5.69 Å². The highest BCUT2D eigenvalue weighted by molar-refractivity contribution is 7.18. The lowest BCUT2D eigenvalue weighted by atomic mass is 10.1. The monoisotopic (exact) mass is 364 g/mol. The fraction of sp³-hybridized carbons (Fsp3) is 0.158. The molecule has 0 fully saturated rings. The first-order chi connectivity index (χ1) is 12.6. The third-order valence-corrected chi connectivity index (χ3v) is 5.26. The third-order valence-electron chi connectivity index (χ3n) is 4.14. The molecule has 0 unspecified atom stereocenters. The van der Waals surface area contributed by atoms with Crippen LogP contribution in [0.15, 0.2) is 36.7 Å². The normalized spacial score (nSPS) is 11.0. The van der Waals surface area contributed by atoms with E-state index in [0.717, 1.165) is 38.2 Å². The summed E-state index contributed by atoms with van der Waals surface area (Å²) in [5, 5.41) is 9.19. The van der Waals surface area contributed by atoms with Crippen molar-refractivity contribution in [2.24, 2.45) is 0 Å². The highest BCUT2D eigenvalue weighted by atomic mass is 32.1. The van der Waals surface area contributed by atoms with E-state index in [0.29, 0.717) is 5.01 Å². The molecule has 6 nitrogen and oxygen atoms in total.